The van der Waals surface area contributed by atoms with Gasteiger partial charge in [-0.3, -0.25) is 4.79 Å². The van der Waals surface area contributed by atoms with Gasteiger partial charge in [0.2, 0.25) is 5.91 Å². The van der Waals surface area contributed by atoms with Crippen molar-refractivity contribution in [1.82, 2.24) is 20.1 Å². The molecule has 0 unspecified atom stereocenters. The molecule has 0 atom stereocenters. The van der Waals surface area contributed by atoms with Crippen LogP contribution in [0.25, 0.3) is 0 Å². The maximum atomic E-state index is 11.5. The molecule has 0 spiro atoms. The molecule has 0 aromatic carbocycles. The van der Waals surface area contributed by atoms with E-state index < -0.39 is 0 Å². The largest absolute Gasteiger partial charge is 0.352 e. The fourth-order valence-corrected chi connectivity index (χ4v) is 3.03. The van der Waals surface area contributed by atoms with Crippen molar-refractivity contribution in [2.24, 2.45) is 0 Å². The molecule has 0 radical (unpaired) electrons. The number of nitrogens with one attached hydrogen (secondary N) is 1. The van der Waals surface area contributed by atoms with Crippen LogP contribution in [0.1, 0.15) is 4.88 Å². The summed E-state index contributed by atoms with van der Waals surface area (Å²) in [5, 5.41) is 13.5. The van der Waals surface area contributed by atoms with Crippen LogP contribution in [-0.2, 0) is 17.8 Å². The summed E-state index contributed by atoms with van der Waals surface area (Å²) < 4.78 is 1.98. The van der Waals surface area contributed by atoms with Gasteiger partial charge in [0, 0.05) is 18.0 Å². The molecule has 0 aliphatic heterocycles. The molecular formula is C13H16N4OS2. The number of rotatable bonds is 8. The lowest BCUT2D eigenvalue weighted by atomic mass is 10.3. The van der Waals surface area contributed by atoms with Gasteiger partial charge in [-0.25, -0.2) is 0 Å². The molecule has 2 aromatic heterocycles. The minimum atomic E-state index is -0.0253. The Morgan fingerprint density at radius 1 is 1.60 bits per heavy atom. The van der Waals surface area contributed by atoms with Crippen LogP contribution in [0.5, 0.6) is 0 Å². The first kappa shape index (κ1) is 14.8. The highest BCUT2D eigenvalue weighted by Gasteiger charge is 2.08. The second-order valence-electron chi connectivity index (χ2n) is 4.02. The van der Waals surface area contributed by atoms with Crippen LogP contribution in [0.3, 0.4) is 0 Å². The molecule has 0 bridgehead atoms. The van der Waals surface area contributed by atoms with Crippen molar-refractivity contribution in [1.29, 1.82) is 0 Å². The first-order chi connectivity index (χ1) is 9.79. The zero-order chi connectivity index (χ0) is 14.2. The predicted molar refractivity (Wildman–Crippen MR) is 82.0 cm³/mol. The van der Waals surface area contributed by atoms with Crippen LogP contribution in [0, 0.1) is 0 Å². The molecular weight excluding hydrogens is 292 g/mol. The number of nitrogens with zero attached hydrogens (tertiary/aromatic N) is 3. The zero-order valence-corrected chi connectivity index (χ0v) is 12.6. The van der Waals surface area contributed by atoms with Crippen molar-refractivity contribution in [3.8, 4) is 0 Å². The van der Waals surface area contributed by atoms with Gasteiger partial charge in [-0.15, -0.1) is 28.1 Å². The van der Waals surface area contributed by atoms with Gasteiger partial charge in [0.25, 0.3) is 0 Å². The second-order valence-corrected chi connectivity index (χ2v) is 5.99. The Labute approximate surface area is 126 Å². The lowest BCUT2D eigenvalue weighted by Gasteiger charge is -2.05. The van der Waals surface area contributed by atoms with E-state index in [-0.39, 0.29) is 5.91 Å². The minimum Gasteiger partial charge on any atom is -0.352 e. The summed E-state index contributed by atoms with van der Waals surface area (Å²) >= 11 is 3.14. The van der Waals surface area contributed by atoms with Crippen LogP contribution in [0.2, 0.25) is 0 Å². The van der Waals surface area contributed by atoms with Crippen molar-refractivity contribution in [3.63, 3.8) is 0 Å². The van der Waals surface area contributed by atoms with Crippen molar-refractivity contribution >= 4 is 29.0 Å². The van der Waals surface area contributed by atoms with E-state index in [1.807, 2.05) is 10.6 Å². The van der Waals surface area contributed by atoms with E-state index in [0.717, 1.165) is 18.1 Å². The number of aromatic nitrogens is 3. The van der Waals surface area contributed by atoms with Gasteiger partial charge in [0.1, 0.15) is 6.33 Å². The van der Waals surface area contributed by atoms with E-state index in [1.165, 1.54) is 16.6 Å². The summed E-state index contributed by atoms with van der Waals surface area (Å²) in [5.74, 6) is 0.314. The number of thioether (sulfide) groups is 1. The minimum absolute atomic E-state index is 0.0253. The molecule has 0 fully saturated rings. The van der Waals surface area contributed by atoms with Gasteiger partial charge in [0.05, 0.1) is 5.75 Å². The maximum Gasteiger partial charge on any atom is 0.230 e. The summed E-state index contributed by atoms with van der Waals surface area (Å²) in [6, 6.07) is 4.16. The van der Waals surface area contributed by atoms with Crippen molar-refractivity contribution in [2.45, 2.75) is 18.1 Å². The van der Waals surface area contributed by atoms with Gasteiger partial charge >= 0.3 is 0 Å². The highest BCUT2D eigenvalue weighted by molar-refractivity contribution is 7.99. The third-order valence-electron chi connectivity index (χ3n) is 2.54. The summed E-state index contributed by atoms with van der Waals surface area (Å²) in [6.45, 7) is 4.87. The summed E-state index contributed by atoms with van der Waals surface area (Å²) in [7, 11) is 0. The normalized spacial score (nSPS) is 10.4. The number of amides is 1. The van der Waals surface area contributed by atoms with E-state index in [1.54, 1.807) is 23.7 Å². The Morgan fingerprint density at radius 3 is 3.25 bits per heavy atom. The van der Waals surface area contributed by atoms with Gasteiger partial charge in [-0.05, 0) is 17.9 Å². The quantitative estimate of drug-likeness (QED) is 0.598. The molecule has 1 amide bonds. The van der Waals surface area contributed by atoms with Crippen molar-refractivity contribution < 1.29 is 4.79 Å². The van der Waals surface area contributed by atoms with E-state index in [0.29, 0.717) is 12.3 Å². The Hall–Kier alpha value is -1.60. The molecule has 1 N–H and O–H groups in total. The Morgan fingerprint density at radius 2 is 2.50 bits per heavy atom. The molecule has 0 aliphatic carbocycles. The molecule has 20 heavy (non-hydrogen) atoms. The predicted octanol–water partition coefficient (Wildman–Crippen LogP) is 1.98. The van der Waals surface area contributed by atoms with E-state index in [2.05, 4.69) is 33.5 Å². The smallest absolute Gasteiger partial charge is 0.230 e. The zero-order valence-electron chi connectivity index (χ0n) is 11.0. The molecule has 0 saturated carbocycles. The van der Waals surface area contributed by atoms with Gasteiger partial charge < -0.3 is 9.88 Å². The number of thiophene rings is 1. The monoisotopic (exact) mass is 308 g/mol. The van der Waals surface area contributed by atoms with E-state index >= 15 is 0 Å². The third-order valence-corrected chi connectivity index (χ3v) is 4.45. The fourth-order valence-electron chi connectivity index (χ4n) is 1.56. The van der Waals surface area contributed by atoms with Crippen LogP contribution < -0.4 is 5.32 Å². The van der Waals surface area contributed by atoms with Crippen molar-refractivity contribution in [2.75, 3.05) is 12.3 Å². The lowest BCUT2D eigenvalue weighted by Crippen LogP contribution is -2.25. The van der Waals surface area contributed by atoms with Crippen LogP contribution in [0.15, 0.2) is 41.7 Å². The second kappa shape index (κ2) is 7.86. The average Bonchev–Trinajstić information content (AvgIpc) is 3.11. The van der Waals surface area contributed by atoms with Gasteiger partial charge in [0.15, 0.2) is 5.16 Å². The number of hydrogen-bond donors (Lipinski definition) is 1. The summed E-state index contributed by atoms with van der Waals surface area (Å²) in [6.07, 6.45) is 4.32. The molecule has 2 rings (SSSR count). The molecule has 0 aliphatic rings. The maximum absolute atomic E-state index is 11.5. The molecule has 7 heteroatoms. The van der Waals surface area contributed by atoms with E-state index in [4.69, 9.17) is 0 Å². The number of hydrogen-bond acceptors (Lipinski definition) is 5. The van der Waals surface area contributed by atoms with Gasteiger partial charge in [-0.1, -0.05) is 23.9 Å². The Balaban J connectivity index is 1.82. The SMILES string of the molecule is C=CCNC(=O)CSc1nncn1CCc1cccs1. The van der Waals surface area contributed by atoms with Crippen molar-refractivity contribution in [3.05, 3.63) is 41.4 Å². The first-order valence-corrected chi connectivity index (χ1v) is 8.06. The highest BCUT2D eigenvalue weighted by Crippen LogP contribution is 2.16. The molecule has 5 nitrogen and oxygen atoms in total. The molecule has 0 saturated heterocycles. The average molecular weight is 308 g/mol. The van der Waals surface area contributed by atoms with Gasteiger partial charge in [-0.2, -0.15) is 0 Å². The lowest BCUT2D eigenvalue weighted by molar-refractivity contribution is -0.118. The molecule has 2 heterocycles. The third kappa shape index (κ3) is 4.50. The van der Waals surface area contributed by atoms with Crippen LogP contribution >= 0.6 is 23.1 Å². The fraction of sp³-hybridized carbons (Fsp3) is 0.308. The molecule has 106 valence electrons. The number of aryl methyl sites for hydroxylation is 2. The Bertz CT molecular complexity index is 550. The van der Waals surface area contributed by atoms with E-state index in [9.17, 15) is 4.79 Å². The summed E-state index contributed by atoms with van der Waals surface area (Å²) in [5.41, 5.74) is 0. The highest BCUT2D eigenvalue weighted by atomic mass is 32.2. The summed E-state index contributed by atoms with van der Waals surface area (Å²) in [4.78, 5) is 12.8. The number of carbonyl (C=O) groups excluding carboxylic acids is 1. The topological polar surface area (TPSA) is 59.8 Å². The van der Waals surface area contributed by atoms with Crippen LogP contribution in [-0.4, -0.2) is 33.0 Å². The standard InChI is InChI=1S/C13H16N4OS2/c1-2-6-14-12(18)9-20-13-16-15-10-17(13)7-5-11-4-3-8-19-11/h2-4,8,10H,1,5-7,9H2,(H,14,18). The molecule has 2 aromatic rings. The Kier molecular flexibility index (Phi) is 5.82. The first-order valence-electron chi connectivity index (χ1n) is 6.20. The van der Waals surface area contributed by atoms with Crippen LogP contribution in [0.4, 0.5) is 0 Å². The number of carbonyl (C=O) groups is 1.